The Labute approximate surface area is 260 Å². The second-order valence-corrected chi connectivity index (χ2v) is 12.8. The zero-order chi connectivity index (χ0) is 31.2. The Morgan fingerprint density at radius 1 is 1.16 bits per heavy atom. The summed E-state index contributed by atoms with van der Waals surface area (Å²) in [6.45, 7) is 7.08. The molecule has 4 aromatic rings. The summed E-state index contributed by atoms with van der Waals surface area (Å²) in [6, 6.07) is 11.0. The Morgan fingerprint density at radius 3 is 2.64 bits per heavy atom. The highest BCUT2D eigenvalue weighted by atomic mass is 35.5. The number of fused-ring (bicyclic) bond motifs is 2. The van der Waals surface area contributed by atoms with Gasteiger partial charge in [-0.3, -0.25) is 9.99 Å². The molecule has 0 saturated heterocycles. The molecule has 2 aliphatic rings. The lowest BCUT2D eigenvalue weighted by atomic mass is 9.96. The number of halogens is 3. The van der Waals surface area contributed by atoms with E-state index in [-0.39, 0.29) is 5.41 Å². The van der Waals surface area contributed by atoms with E-state index in [1.807, 2.05) is 36.4 Å². The van der Waals surface area contributed by atoms with Gasteiger partial charge in [-0.1, -0.05) is 50.4 Å². The van der Waals surface area contributed by atoms with E-state index in [1.165, 1.54) is 5.01 Å². The predicted octanol–water partition coefficient (Wildman–Crippen LogP) is 7.00. The summed E-state index contributed by atoms with van der Waals surface area (Å²) in [4.78, 5) is 8.92. The lowest BCUT2D eigenvalue weighted by Gasteiger charge is -2.25. The minimum atomic E-state index is -2.50. The van der Waals surface area contributed by atoms with Crippen molar-refractivity contribution >= 4 is 44.7 Å². The third-order valence-corrected chi connectivity index (χ3v) is 8.33. The number of ether oxygens (including phenoxy) is 1. The first-order valence-electron chi connectivity index (χ1n) is 14.4. The Kier molecular flexibility index (Phi) is 7.64. The molecule has 4 N–H and O–H groups in total. The van der Waals surface area contributed by atoms with Gasteiger partial charge in [0.05, 0.1) is 40.6 Å². The second-order valence-electron chi connectivity index (χ2n) is 12.4. The molecule has 0 bridgehead atoms. The summed E-state index contributed by atoms with van der Waals surface area (Å²) >= 11 is 6.83. The van der Waals surface area contributed by atoms with Crippen LogP contribution in [0.15, 0.2) is 60.7 Å². The van der Waals surface area contributed by atoms with Crippen molar-refractivity contribution in [1.29, 1.82) is 0 Å². The number of terminal acetylenes is 1. The highest BCUT2D eigenvalue weighted by molar-refractivity contribution is 6.35. The van der Waals surface area contributed by atoms with Gasteiger partial charge >= 0.3 is 0 Å². The molecule has 1 aliphatic carbocycles. The fourth-order valence-electron chi connectivity index (χ4n) is 5.51. The Hall–Kier alpha value is -4.33. The predicted molar refractivity (Wildman–Crippen MR) is 171 cm³/mol. The second kappa shape index (κ2) is 11.3. The van der Waals surface area contributed by atoms with E-state index >= 15 is 0 Å². The SMILES string of the molecule is C#Cc1cnc2c(Cl)cc(N[C@H](C3=CN(C4(C(F)F)CC4)NN3)c3cccc4c(OC)nccc34)cc2c1NCC(C)(C)C. The Balaban J connectivity index is 1.48. The molecular weight excluding hydrogens is 584 g/mol. The van der Waals surface area contributed by atoms with Crippen LogP contribution in [0.25, 0.3) is 21.7 Å². The monoisotopic (exact) mass is 617 g/mol. The first-order valence-corrected chi connectivity index (χ1v) is 14.7. The lowest BCUT2D eigenvalue weighted by Crippen LogP contribution is -2.48. The largest absolute Gasteiger partial charge is 0.481 e. The van der Waals surface area contributed by atoms with E-state index in [0.29, 0.717) is 52.8 Å². The van der Waals surface area contributed by atoms with Crippen molar-refractivity contribution < 1.29 is 13.5 Å². The van der Waals surface area contributed by atoms with Gasteiger partial charge in [-0.25, -0.2) is 13.8 Å². The molecule has 6 rings (SSSR count). The summed E-state index contributed by atoms with van der Waals surface area (Å²) in [7, 11) is 1.58. The van der Waals surface area contributed by atoms with Gasteiger partial charge in [0, 0.05) is 41.6 Å². The number of methoxy groups -OCH3 is 1. The van der Waals surface area contributed by atoms with Crippen LogP contribution in [-0.4, -0.2) is 40.6 Å². The van der Waals surface area contributed by atoms with Crippen molar-refractivity contribution in [2.75, 3.05) is 24.3 Å². The molecule has 0 spiro atoms. The van der Waals surface area contributed by atoms with Gasteiger partial charge in [-0.05, 0) is 53.5 Å². The molecule has 1 atom stereocenters. The molecule has 8 nitrogen and oxygen atoms in total. The standard InChI is InChI=1S/C33H34ClF2N7O/c1-6-19-16-38-28-24(27(19)39-18-32(2,3)4)14-20(15-25(28)34)40-29(26-17-43(42-41-26)33(11-12-33)31(35)36)22-8-7-9-23-21(22)10-13-37-30(23)44-5/h1,7-10,13-17,29,31,40-42H,11-12,18H2,2-5H3,(H,38,39)/t29-/m0/s1. The van der Waals surface area contributed by atoms with Crippen LogP contribution in [0.3, 0.4) is 0 Å². The number of nitrogens with zero attached hydrogens (tertiary/aromatic N) is 3. The van der Waals surface area contributed by atoms with Gasteiger partial charge in [0.2, 0.25) is 5.88 Å². The van der Waals surface area contributed by atoms with Crippen molar-refractivity contribution in [3.05, 3.63) is 76.8 Å². The number of nitrogens with one attached hydrogen (secondary N) is 4. The van der Waals surface area contributed by atoms with Gasteiger partial charge in [0.15, 0.2) is 0 Å². The molecule has 0 amide bonds. The number of pyridine rings is 2. The first kappa shape index (κ1) is 29.7. The quantitative estimate of drug-likeness (QED) is 0.149. The maximum atomic E-state index is 14.0. The van der Waals surface area contributed by atoms with Crippen LogP contribution >= 0.6 is 11.6 Å². The number of hydrogen-bond acceptors (Lipinski definition) is 8. The van der Waals surface area contributed by atoms with E-state index in [4.69, 9.17) is 22.8 Å². The molecule has 44 heavy (non-hydrogen) atoms. The fraction of sp³-hybridized carbons (Fsp3) is 0.333. The topological polar surface area (TPSA) is 86.4 Å². The molecular formula is C33H34ClF2N7O. The highest BCUT2D eigenvalue weighted by Gasteiger charge is 2.56. The molecule has 0 unspecified atom stereocenters. The molecule has 1 saturated carbocycles. The molecule has 1 aliphatic heterocycles. The third-order valence-electron chi connectivity index (χ3n) is 8.04. The lowest BCUT2D eigenvalue weighted by molar-refractivity contribution is 0.00911. The van der Waals surface area contributed by atoms with Crippen LogP contribution in [0.4, 0.5) is 20.2 Å². The van der Waals surface area contributed by atoms with Crippen LogP contribution in [0.1, 0.15) is 50.8 Å². The van der Waals surface area contributed by atoms with Gasteiger partial charge in [0.25, 0.3) is 6.43 Å². The summed E-state index contributed by atoms with van der Waals surface area (Å²) in [5, 5.41) is 11.5. The summed E-state index contributed by atoms with van der Waals surface area (Å²) in [6.07, 6.45) is 9.22. The molecule has 11 heteroatoms. The molecule has 0 radical (unpaired) electrons. The number of hydrazine groups is 2. The highest BCUT2D eigenvalue weighted by Crippen LogP contribution is 2.47. The summed E-state index contributed by atoms with van der Waals surface area (Å²) < 4.78 is 33.6. The minimum Gasteiger partial charge on any atom is -0.481 e. The van der Waals surface area contributed by atoms with Crippen LogP contribution in [0.2, 0.25) is 5.02 Å². The molecule has 1 fully saturated rings. The Morgan fingerprint density at radius 2 is 1.95 bits per heavy atom. The van der Waals surface area contributed by atoms with Crippen molar-refractivity contribution in [1.82, 2.24) is 25.9 Å². The number of anilines is 2. The molecule has 228 valence electrons. The number of rotatable bonds is 9. The van der Waals surface area contributed by atoms with Gasteiger partial charge in [-0.15, -0.1) is 12.0 Å². The zero-order valence-corrected chi connectivity index (χ0v) is 25.7. The van der Waals surface area contributed by atoms with Crippen molar-refractivity contribution in [2.45, 2.75) is 51.6 Å². The first-order chi connectivity index (χ1) is 21.0. The van der Waals surface area contributed by atoms with Crippen LogP contribution < -0.4 is 26.3 Å². The third kappa shape index (κ3) is 5.42. The van der Waals surface area contributed by atoms with Gasteiger partial charge in [-0.2, -0.15) is 0 Å². The number of hydrogen-bond donors (Lipinski definition) is 4. The van der Waals surface area contributed by atoms with Crippen LogP contribution in [0.5, 0.6) is 5.88 Å². The average molecular weight is 618 g/mol. The van der Waals surface area contributed by atoms with Gasteiger partial charge in [0.1, 0.15) is 5.54 Å². The molecule has 2 aromatic carbocycles. The fourth-order valence-corrected chi connectivity index (χ4v) is 5.78. The number of alkyl halides is 2. The zero-order valence-electron chi connectivity index (χ0n) is 24.9. The normalized spacial score (nSPS) is 16.4. The maximum Gasteiger partial charge on any atom is 0.262 e. The van der Waals surface area contributed by atoms with Crippen LogP contribution in [0, 0.1) is 17.8 Å². The van der Waals surface area contributed by atoms with E-state index in [2.05, 4.69) is 58.3 Å². The average Bonchev–Trinajstić information content (AvgIpc) is 3.67. The smallest absolute Gasteiger partial charge is 0.262 e. The minimum absolute atomic E-state index is 0.00682. The van der Waals surface area contributed by atoms with E-state index in [1.54, 1.807) is 25.7 Å². The number of aromatic nitrogens is 2. The molecule has 2 aromatic heterocycles. The van der Waals surface area contributed by atoms with Crippen molar-refractivity contribution in [2.24, 2.45) is 5.41 Å². The van der Waals surface area contributed by atoms with E-state index < -0.39 is 18.0 Å². The maximum absolute atomic E-state index is 14.0. The number of benzene rings is 2. The summed E-state index contributed by atoms with van der Waals surface area (Å²) in [5.74, 6) is 3.23. The van der Waals surface area contributed by atoms with Crippen LogP contribution in [-0.2, 0) is 0 Å². The van der Waals surface area contributed by atoms with E-state index in [9.17, 15) is 8.78 Å². The van der Waals surface area contributed by atoms with Crippen molar-refractivity contribution in [3.8, 4) is 18.2 Å². The van der Waals surface area contributed by atoms with Crippen molar-refractivity contribution in [3.63, 3.8) is 0 Å². The summed E-state index contributed by atoms with van der Waals surface area (Å²) in [5.41, 5.74) is 9.10. The van der Waals surface area contributed by atoms with E-state index in [0.717, 1.165) is 27.4 Å². The molecule has 3 heterocycles. The van der Waals surface area contributed by atoms with Gasteiger partial charge < -0.3 is 20.8 Å². The Bertz CT molecular complexity index is 1810.